The highest BCUT2D eigenvalue weighted by atomic mass is 16.5. The van der Waals surface area contributed by atoms with Crippen molar-refractivity contribution >= 4 is 0 Å². The molecule has 2 unspecified atom stereocenters. The van der Waals surface area contributed by atoms with Gasteiger partial charge < -0.3 is 4.74 Å². The van der Waals surface area contributed by atoms with E-state index in [0.717, 1.165) is 26.1 Å². The number of rotatable bonds is 8. The first-order valence-electron chi connectivity index (χ1n) is 9.68. The Morgan fingerprint density at radius 2 is 1.08 bits per heavy atom. The van der Waals surface area contributed by atoms with Crippen molar-refractivity contribution in [1.29, 1.82) is 0 Å². The molecule has 1 nitrogen and oxygen atoms in total. The van der Waals surface area contributed by atoms with Gasteiger partial charge in [0.15, 0.2) is 0 Å². The van der Waals surface area contributed by atoms with Crippen LogP contribution in [0.5, 0.6) is 0 Å². The molecule has 0 spiro atoms. The largest absolute Gasteiger partial charge is 0.380 e. The topological polar surface area (TPSA) is 9.23 Å². The third kappa shape index (κ3) is 5.19. The van der Waals surface area contributed by atoms with Gasteiger partial charge in [-0.1, -0.05) is 61.4 Å². The van der Waals surface area contributed by atoms with Gasteiger partial charge in [-0.15, -0.1) is 0 Å². The van der Waals surface area contributed by atoms with Crippen LogP contribution in [-0.4, -0.2) is 13.2 Å². The highest BCUT2D eigenvalue weighted by Gasteiger charge is 2.16. The van der Waals surface area contributed by atoms with E-state index in [-0.39, 0.29) is 0 Å². The second-order valence-corrected chi connectivity index (χ2v) is 7.47. The van der Waals surface area contributed by atoms with E-state index in [1.165, 1.54) is 33.4 Å². The van der Waals surface area contributed by atoms with Crippen molar-refractivity contribution in [2.75, 3.05) is 13.2 Å². The van der Waals surface area contributed by atoms with Gasteiger partial charge in [-0.25, -0.2) is 0 Å². The first-order chi connectivity index (χ1) is 12.0. The molecule has 0 bridgehead atoms. The Labute approximate surface area is 154 Å². The molecule has 136 valence electrons. The lowest BCUT2D eigenvalue weighted by Gasteiger charge is -2.22. The van der Waals surface area contributed by atoms with Gasteiger partial charge in [0.1, 0.15) is 0 Å². The number of hydrogen-bond acceptors (Lipinski definition) is 1. The molecule has 0 fully saturated rings. The average molecular weight is 339 g/mol. The maximum absolute atomic E-state index is 6.22. The number of ether oxygens (including phenoxy) is 1. The quantitative estimate of drug-likeness (QED) is 0.525. The SMILES string of the molecule is CCC(COCC(CC)c1ccc(C)cc1C)c1ccc(C)cc1C. The summed E-state index contributed by atoms with van der Waals surface area (Å²) in [6.07, 6.45) is 2.23. The zero-order valence-corrected chi connectivity index (χ0v) is 16.9. The molecule has 2 rings (SSSR count). The van der Waals surface area contributed by atoms with E-state index in [2.05, 4.69) is 77.9 Å². The average Bonchev–Trinajstić information content (AvgIpc) is 2.57. The fourth-order valence-electron chi connectivity index (χ4n) is 3.78. The molecular formula is C24H34O. The maximum Gasteiger partial charge on any atom is 0.0535 e. The minimum absolute atomic E-state index is 0.484. The molecule has 0 aliphatic carbocycles. The molecule has 1 heteroatoms. The minimum Gasteiger partial charge on any atom is -0.380 e. The van der Waals surface area contributed by atoms with Crippen LogP contribution in [0, 0.1) is 27.7 Å². The van der Waals surface area contributed by atoms with Crippen molar-refractivity contribution in [1.82, 2.24) is 0 Å². The Bertz CT molecular complexity index is 627. The molecule has 0 N–H and O–H groups in total. The third-order valence-corrected chi connectivity index (χ3v) is 5.35. The summed E-state index contributed by atoms with van der Waals surface area (Å²) in [7, 11) is 0. The Balaban J connectivity index is 2.01. The molecule has 0 amide bonds. The predicted octanol–water partition coefficient (Wildman–Crippen LogP) is 6.62. The Morgan fingerprint density at radius 1 is 0.680 bits per heavy atom. The summed E-state index contributed by atoms with van der Waals surface area (Å²) in [4.78, 5) is 0. The standard InChI is InChI=1S/C24H34O/c1-7-21(23-11-9-17(3)13-19(23)5)15-25-16-22(8-2)24-12-10-18(4)14-20(24)6/h9-14,21-22H,7-8,15-16H2,1-6H3. The van der Waals surface area contributed by atoms with Gasteiger partial charge in [0.25, 0.3) is 0 Å². The van der Waals surface area contributed by atoms with Gasteiger partial charge in [0.2, 0.25) is 0 Å². The molecule has 0 aliphatic rings. The normalized spacial score (nSPS) is 13.7. The van der Waals surface area contributed by atoms with Gasteiger partial charge in [-0.3, -0.25) is 0 Å². The number of benzene rings is 2. The molecule has 25 heavy (non-hydrogen) atoms. The van der Waals surface area contributed by atoms with Crippen LogP contribution < -0.4 is 0 Å². The van der Waals surface area contributed by atoms with E-state index in [1.54, 1.807) is 0 Å². The second-order valence-electron chi connectivity index (χ2n) is 7.47. The van der Waals surface area contributed by atoms with Crippen LogP contribution >= 0.6 is 0 Å². The molecule has 2 aromatic carbocycles. The summed E-state index contributed by atoms with van der Waals surface area (Å²) in [5, 5.41) is 0. The zero-order valence-electron chi connectivity index (χ0n) is 16.9. The van der Waals surface area contributed by atoms with Gasteiger partial charge in [-0.05, 0) is 62.8 Å². The predicted molar refractivity (Wildman–Crippen MR) is 109 cm³/mol. The van der Waals surface area contributed by atoms with Crippen molar-refractivity contribution in [3.05, 3.63) is 69.8 Å². The first kappa shape index (κ1) is 19.7. The highest BCUT2D eigenvalue weighted by molar-refractivity contribution is 5.34. The van der Waals surface area contributed by atoms with Crippen molar-refractivity contribution in [3.8, 4) is 0 Å². The van der Waals surface area contributed by atoms with Crippen molar-refractivity contribution in [3.63, 3.8) is 0 Å². The van der Waals surface area contributed by atoms with Gasteiger partial charge in [0.05, 0.1) is 13.2 Å². The summed E-state index contributed by atoms with van der Waals surface area (Å²) in [6, 6.07) is 13.6. The van der Waals surface area contributed by atoms with Crippen LogP contribution in [0.4, 0.5) is 0 Å². The van der Waals surface area contributed by atoms with Crippen molar-refractivity contribution in [2.45, 2.75) is 66.2 Å². The first-order valence-corrected chi connectivity index (χ1v) is 9.68. The van der Waals surface area contributed by atoms with Gasteiger partial charge >= 0.3 is 0 Å². The summed E-state index contributed by atoms with van der Waals surface area (Å²) in [5.74, 6) is 0.967. The second kappa shape index (κ2) is 9.20. The minimum atomic E-state index is 0.484. The van der Waals surface area contributed by atoms with Crippen LogP contribution in [0.2, 0.25) is 0 Å². The molecule has 0 saturated heterocycles. The lowest BCUT2D eigenvalue weighted by molar-refractivity contribution is 0.104. The van der Waals surface area contributed by atoms with Crippen LogP contribution in [0.3, 0.4) is 0 Å². The number of hydrogen-bond donors (Lipinski definition) is 0. The summed E-state index contributed by atoms with van der Waals surface area (Å²) in [6.45, 7) is 14.9. The molecule has 0 radical (unpaired) electrons. The van der Waals surface area contributed by atoms with Crippen LogP contribution in [0.1, 0.15) is 71.9 Å². The third-order valence-electron chi connectivity index (χ3n) is 5.35. The maximum atomic E-state index is 6.22. The Morgan fingerprint density at radius 3 is 1.40 bits per heavy atom. The van der Waals surface area contributed by atoms with Crippen molar-refractivity contribution < 1.29 is 4.74 Å². The summed E-state index contributed by atoms with van der Waals surface area (Å²) >= 11 is 0. The smallest absolute Gasteiger partial charge is 0.0535 e. The lowest BCUT2D eigenvalue weighted by Crippen LogP contribution is -2.14. The zero-order chi connectivity index (χ0) is 18.4. The highest BCUT2D eigenvalue weighted by Crippen LogP contribution is 2.27. The molecule has 0 saturated carbocycles. The molecule has 2 atom stereocenters. The molecule has 0 heterocycles. The number of aryl methyl sites for hydroxylation is 4. The molecular weight excluding hydrogens is 304 g/mol. The lowest BCUT2D eigenvalue weighted by atomic mass is 9.91. The fourth-order valence-corrected chi connectivity index (χ4v) is 3.78. The Hall–Kier alpha value is -1.60. The van der Waals surface area contributed by atoms with Gasteiger partial charge in [0, 0.05) is 11.8 Å². The van der Waals surface area contributed by atoms with E-state index in [0.29, 0.717) is 11.8 Å². The van der Waals surface area contributed by atoms with Crippen LogP contribution in [0.15, 0.2) is 36.4 Å². The van der Waals surface area contributed by atoms with Crippen LogP contribution in [0.25, 0.3) is 0 Å². The fraction of sp³-hybridized carbons (Fsp3) is 0.500. The van der Waals surface area contributed by atoms with E-state index in [9.17, 15) is 0 Å². The van der Waals surface area contributed by atoms with Gasteiger partial charge in [-0.2, -0.15) is 0 Å². The van der Waals surface area contributed by atoms with E-state index < -0.39 is 0 Å². The van der Waals surface area contributed by atoms with E-state index >= 15 is 0 Å². The summed E-state index contributed by atoms with van der Waals surface area (Å²) in [5.41, 5.74) is 8.31. The Kier molecular flexibility index (Phi) is 7.25. The molecule has 0 aliphatic heterocycles. The van der Waals surface area contributed by atoms with Crippen molar-refractivity contribution in [2.24, 2.45) is 0 Å². The molecule has 2 aromatic rings. The van der Waals surface area contributed by atoms with Crippen LogP contribution in [-0.2, 0) is 4.74 Å². The van der Waals surface area contributed by atoms with E-state index in [1.807, 2.05) is 0 Å². The molecule has 0 aromatic heterocycles. The summed E-state index contributed by atoms with van der Waals surface area (Å²) < 4.78 is 6.22. The monoisotopic (exact) mass is 338 g/mol. The van der Waals surface area contributed by atoms with E-state index in [4.69, 9.17) is 4.74 Å².